The van der Waals surface area contributed by atoms with Crippen LogP contribution in [0.15, 0.2) is 24.7 Å². The Morgan fingerprint density at radius 1 is 1.33 bits per heavy atom. The molecule has 0 spiro atoms. The van der Waals surface area contributed by atoms with E-state index < -0.39 is 6.04 Å². The molecule has 9 heteroatoms. The number of likely N-dealkylation sites (N-methyl/N-ethyl adjacent to an activating group) is 1. The average Bonchev–Trinajstić information content (AvgIpc) is 3.24. The molecule has 0 radical (unpaired) electrons. The molecule has 0 bridgehead atoms. The van der Waals surface area contributed by atoms with Crippen LogP contribution in [0.3, 0.4) is 0 Å². The fraction of sp³-hybridized carbons (Fsp3) is 0.444. The van der Waals surface area contributed by atoms with Crippen molar-refractivity contribution in [2.24, 2.45) is 5.92 Å². The van der Waals surface area contributed by atoms with Crippen LogP contribution in [0.2, 0.25) is 0 Å². The van der Waals surface area contributed by atoms with Gasteiger partial charge in [-0.15, -0.1) is 0 Å². The van der Waals surface area contributed by atoms with Gasteiger partial charge >= 0.3 is 0 Å². The standard InChI is InChI=1S/C18H24N8O/c1-10(12-4-5-12)22-16-14-6-7-20-15(14)24-18(25-16)23-13-8-21-26(9-13)11(2)17(27)19-3/h6-12H,4-5H2,1-3H3,(H,19,27)(H3,20,22,23,24,25)/t10-,11?/m1/s1. The van der Waals surface area contributed by atoms with Gasteiger partial charge in [0, 0.05) is 25.5 Å². The van der Waals surface area contributed by atoms with E-state index >= 15 is 0 Å². The maximum atomic E-state index is 11.8. The van der Waals surface area contributed by atoms with Crippen molar-refractivity contribution in [2.45, 2.75) is 38.8 Å². The zero-order valence-electron chi connectivity index (χ0n) is 15.7. The second-order valence-corrected chi connectivity index (χ2v) is 7.03. The van der Waals surface area contributed by atoms with E-state index in [1.165, 1.54) is 12.8 Å². The molecule has 4 rings (SSSR count). The van der Waals surface area contributed by atoms with Crippen LogP contribution in [0, 0.1) is 5.92 Å². The number of aromatic amines is 1. The Bertz CT molecular complexity index is 957. The molecule has 1 aliphatic carbocycles. The first-order valence-corrected chi connectivity index (χ1v) is 9.19. The lowest BCUT2D eigenvalue weighted by Crippen LogP contribution is -2.27. The lowest BCUT2D eigenvalue weighted by atomic mass is 10.2. The first-order valence-electron chi connectivity index (χ1n) is 9.19. The fourth-order valence-corrected chi connectivity index (χ4v) is 3.11. The molecule has 1 saturated carbocycles. The van der Waals surface area contributed by atoms with Crippen LogP contribution in [-0.2, 0) is 4.79 Å². The van der Waals surface area contributed by atoms with Gasteiger partial charge in [-0.2, -0.15) is 15.1 Å². The highest BCUT2D eigenvalue weighted by Crippen LogP contribution is 2.34. The van der Waals surface area contributed by atoms with Crippen molar-refractivity contribution in [1.82, 2.24) is 30.0 Å². The van der Waals surface area contributed by atoms with Gasteiger partial charge in [0.25, 0.3) is 0 Å². The molecule has 27 heavy (non-hydrogen) atoms. The van der Waals surface area contributed by atoms with Crippen molar-refractivity contribution in [1.29, 1.82) is 0 Å². The molecule has 1 amide bonds. The van der Waals surface area contributed by atoms with Crippen molar-refractivity contribution < 1.29 is 4.79 Å². The van der Waals surface area contributed by atoms with Crippen LogP contribution in [-0.4, -0.2) is 43.7 Å². The zero-order valence-corrected chi connectivity index (χ0v) is 15.7. The summed E-state index contributed by atoms with van der Waals surface area (Å²) in [6.07, 6.45) is 7.82. The minimum absolute atomic E-state index is 0.103. The number of amides is 1. The molecule has 0 saturated heterocycles. The van der Waals surface area contributed by atoms with E-state index in [9.17, 15) is 4.79 Å². The van der Waals surface area contributed by atoms with E-state index in [-0.39, 0.29) is 5.91 Å². The van der Waals surface area contributed by atoms with Gasteiger partial charge in [0.05, 0.1) is 17.3 Å². The summed E-state index contributed by atoms with van der Waals surface area (Å²) < 4.78 is 1.60. The Kier molecular flexibility index (Phi) is 4.43. The Balaban J connectivity index is 1.57. The van der Waals surface area contributed by atoms with Crippen LogP contribution in [0.1, 0.15) is 32.7 Å². The normalized spacial score (nSPS) is 16.1. The minimum Gasteiger partial charge on any atom is -0.367 e. The van der Waals surface area contributed by atoms with Crippen LogP contribution < -0.4 is 16.0 Å². The Labute approximate surface area is 157 Å². The summed E-state index contributed by atoms with van der Waals surface area (Å²) in [6.45, 7) is 3.98. The Hall–Kier alpha value is -3.10. The molecule has 4 N–H and O–H groups in total. The van der Waals surface area contributed by atoms with Gasteiger partial charge in [0.1, 0.15) is 17.5 Å². The lowest BCUT2D eigenvalue weighted by molar-refractivity contribution is -0.123. The summed E-state index contributed by atoms with van der Waals surface area (Å²) in [7, 11) is 1.61. The summed E-state index contributed by atoms with van der Waals surface area (Å²) in [5.74, 6) is 1.90. The summed E-state index contributed by atoms with van der Waals surface area (Å²) in [6, 6.07) is 1.96. The maximum absolute atomic E-state index is 11.8. The van der Waals surface area contributed by atoms with Crippen molar-refractivity contribution in [3.05, 3.63) is 24.7 Å². The third kappa shape index (κ3) is 3.57. The predicted molar refractivity (Wildman–Crippen MR) is 104 cm³/mol. The number of hydrogen-bond acceptors (Lipinski definition) is 6. The second-order valence-electron chi connectivity index (χ2n) is 7.03. The molecule has 3 aromatic heterocycles. The van der Waals surface area contributed by atoms with Gasteiger partial charge in [-0.25, -0.2) is 0 Å². The molecule has 9 nitrogen and oxygen atoms in total. The van der Waals surface area contributed by atoms with Crippen molar-refractivity contribution in [3.8, 4) is 0 Å². The number of carbonyl (C=O) groups is 1. The first kappa shape index (κ1) is 17.3. The number of nitrogens with zero attached hydrogens (tertiary/aromatic N) is 4. The predicted octanol–water partition coefficient (Wildman–Crippen LogP) is 2.42. The molecule has 3 aromatic rings. The molecule has 0 aromatic carbocycles. The van der Waals surface area contributed by atoms with Crippen molar-refractivity contribution >= 4 is 34.4 Å². The first-order chi connectivity index (χ1) is 13.0. The number of nitrogens with one attached hydrogen (secondary N) is 4. The molecule has 1 unspecified atom stereocenters. The van der Waals surface area contributed by atoms with Gasteiger partial charge in [0.15, 0.2) is 0 Å². The summed E-state index contributed by atoms with van der Waals surface area (Å²) in [4.78, 5) is 24.1. The number of rotatable bonds is 7. The van der Waals surface area contributed by atoms with E-state index in [2.05, 4.69) is 42.9 Å². The molecule has 2 atom stereocenters. The highest BCUT2D eigenvalue weighted by atomic mass is 16.2. The molecule has 0 aliphatic heterocycles. The summed E-state index contributed by atoms with van der Waals surface area (Å²) in [5.41, 5.74) is 1.49. The molecule has 142 valence electrons. The van der Waals surface area contributed by atoms with E-state index in [1.807, 2.05) is 12.3 Å². The summed E-state index contributed by atoms with van der Waals surface area (Å²) >= 11 is 0. The van der Waals surface area contributed by atoms with E-state index in [1.54, 1.807) is 31.0 Å². The smallest absolute Gasteiger partial charge is 0.244 e. The van der Waals surface area contributed by atoms with Crippen molar-refractivity contribution in [3.63, 3.8) is 0 Å². The number of carbonyl (C=O) groups excluding carboxylic acids is 1. The molecular weight excluding hydrogens is 344 g/mol. The SMILES string of the molecule is CNC(=O)C(C)n1cc(Nc2nc(N[C@H](C)C3CC3)c3cc[nH]c3n2)cn1. The minimum atomic E-state index is -0.394. The fourth-order valence-electron chi connectivity index (χ4n) is 3.11. The van der Waals surface area contributed by atoms with E-state index in [0.717, 1.165) is 28.5 Å². The second kappa shape index (κ2) is 6.90. The van der Waals surface area contributed by atoms with Gasteiger partial charge < -0.3 is 20.9 Å². The van der Waals surface area contributed by atoms with Crippen LogP contribution in [0.25, 0.3) is 11.0 Å². The van der Waals surface area contributed by atoms with Crippen LogP contribution >= 0.6 is 0 Å². The number of H-pyrrole nitrogens is 1. The number of anilines is 3. The Morgan fingerprint density at radius 2 is 2.15 bits per heavy atom. The number of aromatic nitrogens is 5. The lowest BCUT2D eigenvalue weighted by Gasteiger charge is -2.15. The quantitative estimate of drug-likeness (QED) is 0.509. The monoisotopic (exact) mass is 368 g/mol. The van der Waals surface area contributed by atoms with Crippen LogP contribution in [0.5, 0.6) is 0 Å². The summed E-state index contributed by atoms with van der Waals surface area (Å²) in [5, 5.41) is 14.5. The van der Waals surface area contributed by atoms with E-state index in [4.69, 9.17) is 0 Å². The van der Waals surface area contributed by atoms with Crippen LogP contribution in [0.4, 0.5) is 17.5 Å². The molecule has 1 aliphatic rings. The Morgan fingerprint density at radius 3 is 2.89 bits per heavy atom. The highest BCUT2D eigenvalue weighted by Gasteiger charge is 2.28. The molecule has 3 heterocycles. The average molecular weight is 368 g/mol. The number of fused-ring (bicyclic) bond motifs is 1. The molecule has 1 fully saturated rings. The maximum Gasteiger partial charge on any atom is 0.244 e. The van der Waals surface area contributed by atoms with E-state index in [0.29, 0.717) is 12.0 Å². The topological polar surface area (TPSA) is 113 Å². The van der Waals surface area contributed by atoms with Gasteiger partial charge in [-0.1, -0.05) is 0 Å². The highest BCUT2D eigenvalue weighted by molar-refractivity contribution is 5.88. The van der Waals surface area contributed by atoms with Gasteiger partial charge in [-0.05, 0) is 38.7 Å². The largest absolute Gasteiger partial charge is 0.367 e. The van der Waals surface area contributed by atoms with Crippen molar-refractivity contribution in [2.75, 3.05) is 17.7 Å². The number of hydrogen-bond donors (Lipinski definition) is 4. The molecular formula is C18H24N8O. The third-order valence-electron chi connectivity index (χ3n) is 4.99. The van der Waals surface area contributed by atoms with Gasteiger partial charge in [-0.3, -0.25) is 9.48 Å². The van der Waals surface area contributed by atoms with Gasteiger partial charge in [0.2, 0.25) is 11.9 Å². The zero-order chi connectivity index (χ0) is 19.0. The third-order valence-corrected chi connectivity index (χ3v) is 4.99.